The summed E-state index contributed by atoms with van der Waals surface area (Å²) in [5, 5.41) is 19.2. The maximum absolute atomic E-state index is 13.1. The molecule has 1 aliphatic rings. The second-order valence-corrected chi connectivity index (χ2v) is 11.0. The third kappa shape index (κ3) is 3.75. The summed E-state index contributed by atoms with van der Waals surface area (Å²) in [4.78, 5) is 6.22. The molecule has 1 aliphatic heterocycles. The molecule has 0 amide bonds. The van der Waals surface area contributed by atoms with Crippen molar-refractivity contribution in [2.24, 2.45) is 0 Å². The van der Waals surface area contributed by atoms with Gasteiger partial charge in [0.2, 0.25) is 10.0 Å². The Bertz CT molecular complexity index is 1180. The molecule has 3 rings (SSSR count). The van der Waals surface area contributed by atoms with Crippen LogP contribution in [0.4, 0.5) is 5.82 Å². The zero-order valence-corrected chi connectivity index (χ0v) is 17.2. The molecule has 1 saturated heterocycles. The zero-order chi connectivity index (χ0) is 21.4. The highest BCUT2D eigenvalue weighted by molar-refractivity contribution is 7.92. The molecular formula is C17H16ClN3O6S2. The van der Waals surface area contributed by atoms with Crippen molar-refractivity contribution in [1.82, 2.24) is 9.29 Å². The number of rotatable bonds is 5. The van der Waals surface area contributed by atoms with Gasteiger partial charge in [-0.15, -0.1) is 4.98 Å². The second kappa shape index (κ2) is 7.64. The third-order valence-corrected chi connectivity index (χ3v) is 9.03. The molecule has 0 bridgehead atoms. The average molecular weight is 458 g/mol. The first-order valence-corrected chi connectivity index (χ1v) is 11.6. The minimum atomic E-state index is -4.34. The number of halogens is 1. The lowest BCUT2D eigenvalue weighted by atomic mass is 10.1. The Morgan fingerprint density at radius 3 is 2.48 bits per heavy atom. The number of nitrogens with zero attached hydrogens (tertiary/aromatic N) is 3. The van der Waals surface area contributed by atoms with Gasteiger partial charge in [-0.2, -0.15) is 4.31 Å². The molecule has 29 heavy (non-hydrogen) atoms. The number of aromatic nitrogens is 1. The van der Waals surface area contributed by atoms with E-state index in [2.05, 4.69) is 9.83 Å². The molecule has 1 aromatic carbocycles. The first-order valence-electron chi connectivity index (χ1n) is 8.21. The van der Waals surface area contributed by atoms with Crippen molar-refractivity contribution in [3.05, 3.63) is 59.0 Å². The van der Waals surface area contributed by atoms with Crippen LogP contribution < -0.4 is 0 Å². The quantitative estimate of drug-likeness (QED) is 0.637. The summed E-state index contributed by atoms with van der Waals surface area (Å²) in [6.07, 6.45) is 1.26. The van der Waals surface area contributed by atoms with Gasteiger partial charge in [0.1, 0.15) is 21.9 Å². The fraction of sp³-hybridized carbons (Fsp3) is 0.294. The number of sulfone groups is 1. The Labute approximate surface area is 173 Å². The molecule has 0 spiro atoms. The number of aliphatic hydroxyl groups excluding tert-OH is 1. The van der Waals surface area contributed by atoms with Crippen molar-refractivity contribution in [1.29, 1.82) is 0 Å². The standard InChI is InChI=1S/C17H16ClN3O6S2/c1-19-16-14(3-2-8-20-16)29(26,27)21-9-15(17(23,10-21)11-22)28(24,25)13-6-4-12(18)5-7-13/h2-8,15,22-23H,9-11H2/t15-,17+/m0/s1. The molecule has 12 heteroatoms. The van der Waals surface area contributed by atoms with Crippen molar-refractivity contribution in [2.75, 3.05) is 19.7 Å². The SMILES string of the molecule is [C-]#[N+]c1ncccc1S(=O)(=O)N1C[C@H](S(=O)(=O)c2ccc(Cl)cc2)[C@](O)(CO)C1. The number of sulfonamides is 1. The lowest BCUT2D eigenvalue weighted by Gasteiger charge is -2.26. The van der Waals surface area contributed by atoms with E-state index in [0.717, 1.165) is 4.31 Å². The number of benzene rings is 1. The highest BCUT2D eigenvalue weighted by Crippen LogP contribution is 2.36. The van der Waals surface area contributed by atoms with E-state index in [1.807, 2.05) is 0 Å². The number of hydrogen-bond donors (Lipinski definition) is 2. The summed E-state index contributed by atoms with van der Waals surface area (Å²) in [7, 11) is -8.56. The summed E-state index contributed by atoms with van der Waals surface area (Å²) in [5.74, 6) is -0.371. The van der Waals surface area contributed by atoms with Gasteiger partial charge in [-0.3, -0.25) is 0 Å². The van der Waals surface area contributed by atoms with E-state index in [1.165, 1.54) is 42.6 Å². The van der Waals surface area contributed by atoms with Gasteiger partial charge in [-0.25, -0.2) is 16.8 Å². The molecule has 1 fully saturated rings. The van der Waals surface area contributed by atoms with Crippen molar-refractivity contribution < 1.29 is 27.0 Å². The first-order chi connectivity index (χ1) is 13.6. The van der Waals surface area contributed by atoms with Crippen LogP contribution in [0.3, 0.4) is 0 Å². The predicted octanol–water partition coefficient (Wildman–Crippen LogP) is 0.856. The molecule has 0 aliphatic carbocycles. The van der Waals surface area contributed by atoms with E-state index in [1.54, 1.807) is 0 Å². The van der Waals surface area contributed by atoms with Crippen molar-refractivity contribution in [3.63, 3.8) is 0 Å². The minimum Gasteiger partial charge on any atom is -0.393 e. The van der Waals surface area contributed by atoms with E-state index in [4.69, 9.17) is 18.2 Å². The smallest absolute Gasteiger partial charge is 0.289 e. The Morgan fingerprint density at radius 1 is 1.24 bits per heavy atom. The molecule has 2 aromatic rings. The summed E-state index contributed by atoms with van der Waals surface area (Å²) >= 11 is 5.78. The van der Waals surface area contributed by atoms with Crippen LogP contribution >= 0.6 is 11.6 Å². The molecule has 2 atom stereocenters. The van der Waals surface area contributed by atoms with Gasteiger partial charge in [0.15, 0.2) is 9.84 Å². The summed E-state index contributed by atoms with van der Waals surface area (Å²) in [5.41, 5.74) is -2.23. The number of pyridine rings is 1. The highest BCUT2D eigenvalue weighted by Gasteiger charge is 2.55. The second-order valence-electron chi connectivity index (χ2n) is 6.48. The van der Waals surface area contributed by atoms with Gasteiger partial charge < -0.3 is 15.1 Å². The van der Waals surface area contributed by atoms with E-state index in [0.29, 0.717) is 5.02 Å². The molecule has 0 saturated carbocycles. The van der Waals surface area contributed by atoms with Crippen LogP contribution in [-0.4, -0.2) is 66.9 Å². The number of aliphatic hydroxyl groups is 2. The topological polar surface area (TPSA) is 129 Å². The van der Waals surface area contributed by atoms with Crippen LogP contribution in [0, 0.1) is 6.57 Å². The van der Waals surface area contributed by atoms with Crippen molar-refractivity contribution >= 4 is 37.3 Å². The molecule has 0 radical (unpaired) electrons. The lowest BCUT2D eigenvalue weighted by Crippen LogP contribution is -2.49. The molecule has 154 valence electrons. The van der Waals surface area contributed by atoms with Gasteiger partial charge in [0, 0.05) is 18.1 Å². The maximum atomic E-state index is 13.1. The van der Waals surface area contributed by atoms with Gasteiger partial charge in [-0.05, 0) is 36.4 Å². The molecule has 1 aromatic heterocycles. The summed E-state index contributed by atoms with van der Waals surface area (Å²) < 4.78 is 52.9. The molecule has 0 unspecified atom stereocenters. The Morgan fingerprint density at radius 2 is 1.90 bits per heavy atom. The Hall–Kier alpha value is -2.07. The van der Waals surface area contributed by atoms with Crippen LogP contribution in [0.5, 0.6) is 0 Å². The van der Waals surface area contributed by atoms with E-state index < -0.39 is 55.3 Å². The van der Waals surface area contributed by atoms with Gasteiger partial charge in [0.05, 0.1) is 11.5 Å². The van der Waals surface area contributed by atoms with Gasteiger partial charge >= 0.3 is 0 Å². The zero-order valence-electron chi connectivity index (χ0n) is 14.8. The predicted molar refractivity (Wildman–Crippen MR) is 104 cm³/mol. The third-order valence-electron chi connectivity index (χ3n) is 4.68. The minimum absolute atomic E-state index is 0.166. The fourth-order valence-corrected chi connectivity index (χ4v) is 6.91. The number of β-amino-alcohol motifs (C(OH)–C–C–N with tert-alkyl or cyclic N) is 1. The van der Waals surface area contributed by atoms with Crippen LogP contribution in [0.2, 0.25) is 5.02 Å². The fourth-order valence-electron chi connectivity index (χ4n) is 3.14. The Kier molecular flexibility index (Phi) is 5.70. The van der Waals surface area contributed by atoms with Crippen molar-refractivity contribution in [3.8, 4) is 0 Å². The first kappa shape index (κ1) is 21.6. The maximum Gasteiger partial charge on any atom is 0.289 e. The van der Waals surface area contributed by atoms with E-state index in [9.17, 15) is 27.0 Å². The lowest BCUT2D eigenvalue weighted by molar-refractivity contribution is 0.00160. The van der Waals surface area contributed by atoms with Crippen molar-refractivity contribution in [2.45, 2.75) is 20.6 Å². The van der Waals surface area contributed by atoms with E-state index in [-0.39, 0.29) is 10.7 Å². The monoisotopic (exact) mass is 457 g/mol. The highest BCUT2D eigenvalue weighted by atomic mass is 35.5. The number of hydrogen-bond acceptors (Lipinski definition) is 7. The summed E-state index contributed by atoms with van der Waals surface area (Å²) in [6.45, 7) is 4.87. The van der Waals surface area contributed by atoms with Crippen LogP contribution in [0.15, 0.2) is 52.4 Å². The average Bonchev–Trinajstić information content (AvgIpc) is 3.08. The molecule has 9 nitrogen and oxygen atoms in total. The Balaban J connectivity index is 2.04. The van der Waals surface area contributed by atoms with Crippen LogP contribution in [-0.2, 0) is 19.9 Å². The molecular weight excluding hydrogens is 442 g/mol. The van der Waals surface area contributed by atoms with Crippen LogP contribution in [0.25, 0.3) is 4.85 Å². The summed E-state index contributed by atoms with van der Waals surface area (Å²) in [6, 6.07) is 7.70. The molecule has 2 heterocycles. The van der Waals surface area contributed by atoms with Gasteiger partial charge in [-0.1, -0.05) is 18.2 Å². The molecule has 2 N–H and O–H groups in total. The van der Waals surface area contributed by atoms with E-state index >= 15 is 0 Å². The normalized spacial score (nSPS) is 23.0. The van der Waals surface area contributed by atoms with Crippen LogP contribution in [0.1, 0.15) is 0 Å². The largest absolute Gasteiger partial charge is 0.393 e. The van der Waals surface area contributed by atoms with Gasteiger partial charge in [0.25, 0.3) is 5.82 Å².